The zero-order chi connectivity index (χ0) is 21.0. The van der Waals surface area contributed by atoms with Crippen LogP contribution in [0.25, 0.3) is 11.1 Å². The van der Waals surface area contributed by atoms with Gasteiger partial charge in [-0.3, -0.25) is 14.2 Å². The lowest BCUT2D eigenvalue weighted by Crippen LogP contribution is -2.14. The highest BCUT2D eigenvalue weighted by Gasteiger charge is 2.15. The first-order valence-electron chi connectivity index (χ1n) is 8.49. The molecule has 6 nitrogen and oxygen atoms in total. The number of benzene rings is 2. The molecular formula is C20H18FN3O3P2. The average Bonchev–Trinajstić information content (AvgIpc) is 2.69. The fourth-order valence-electron chi connectivity index (χ4n) is 2.81. The number of pyridine rings is 1. The lowest BCUT2D eigenvalue weighted by Gasteiger charge is -2.16. The summed E-state index contributed by atoms with van der Waals surface area (Å²) in [5.74, 6) is -2.14. The number of carboxylic acids is 1. The Morgan fingerprint density at radius 1 is 1.10 bits per heavy atom. The number of hydrogen-bond acceptors (Lipinski definition) is 4. The molecule has 0 aliphatic carbocycles. The third-order valence-electron chi connectivity index (χ3n) is 4.17. The summed E-state index contributed by atoms with van der Waals surface area (Å²) in [5.41, 5.74) is 2.77. The second kappa shape index (κ2) is 9.19. The predicted octanol–water partition coefficient (Wildman–Crippen LogP) is 4.22. The molecule has 0 bridgehead atoms. The molecular weight excluding hydrogens is 411 g/mol. The normalized spacial score (nSPS) is 10.8. The largest absolute Gasteiger partial charge is 0.478 e. The molecule has 2 unspecified atom stereocenters. The van der Waals surface area contributed by atoms with Gasteiger partial charge >= 0.3 is 5.97 Å². The van der Waals surface area contributed by atoms with Gasteiger partial charge in [-0.2, -0.15) is 0 Å². The SMILES string of the molecule is O=C(O)c1cccc(-c2cc(C(=O)Nc3ccncc3F)ccc2CN(P)P)c1. The van der Waals surface area contributed by atoms with E-state index in [-0.39, 0.29) is 11.3 Å². The highest BCUT2D eigenvalue weighted by molar-refractivity contribution is 7.30. The van der Waals surface area contributed by atoms with Crippen LogP contribution in [0, 0.1) is 5.82 Å². The fraction of sp³-hybridized carbons (Fsp3) is 0.0500. The molecule has 3 aromatic rings. The molecule has 0 saturated carbocycles. The van der Waals surface area contributed by atoms with Crippen LogP contribution in [-0.2, 0) is 6.54 Å². The fourth-order valence-corrected chi connectivity index (χ4v) is 3.21. The molecule has 2 N–H and O–H groups in total. The van der Waals surface area contributed by atoms with E-state index in [0.717, 1.165) is 11.8 Å². The third-order valence-corrected chi connectivity index (χ3v) is 4.53. The number of anilines is 1. The Kier molecular flexibility index (Phi) is 6.65. The quantitative estimate of drug-likeness (QED) is 0.574. The molecule has 3 rings (SSSR count). The van der Waals surface area contributed by atoms with Gasteiger partial charge in [0.1, 0.15) is 0 Å². The molecule has 0 fully saturated rings. The summed E-state index contributed by atoms with van der Waals surface area (Å²) in [6.45, 7) is 0.531. The molecule has 9 heteroatoms. The minimum Gasteiger partial charge on any atom is -0.478 e. The zero-order valence-electron chi connectivity index (χ0n) is 15.2. The van der Waals surface area contributed by atoms with Crippen molar-refractivity contribution in [2.45, 2.75) is 6.54 Å². The van der Waals surface area contributed by atoms with Crippen molar-refractivity contribution in [3.05, 3.63) is 83.4 Å². The van der Waals surface area contributed by atoms with Gasteiger partial charge in [-0.15, -0.1) is 0 Å². The average molecular weight is 429 g/mol. The number of hydrogen-bond donors (Lipinski definition) is 2. The monoisotopic (exact) mass is 429 g/mol. The minimum atomic E-state index is -1.03. The number of aromatic nitrogens is 1. The molecule has 1 aromatic heterocycles. The summed E-state index contributed by atoms with van der Waals surface area (Å²) in [7, 11) is 5.05. The van der Waals surface area contributed by atoms with E-state index in [1.165, 1.54) is 18.3 Å². The van der Waals surface area contributed by atoms with Crippen molar-refractivity contribution >= 4 is 36.3 Å². The summed E-state index contributed by atoms with van der Waals surface area (Å²) in [6.07, 6.45) is 2.41. The standard InChI is InChI=1S/C20H18FN3O3P2/c21-17-10-22-7-6-18(17)23-19(25)13-4-5-15(11-24(28)29)16(9-13)12-2-1-3-14(8-12)20(26)27/h1-10H,11,28-29H2,(H,26,27)(H,22,23,25). The highest BCUT2D eigenvalue weighted by atomic mass is 31.1. The van der Waals surface area contributed by atoms with Gasteiger partial charge in [0.15, 0.2) is 5.82 Å². The van der Waals surface area contributed by atoms with Crippen LogP contribution in [0.15, 0.2) is 60.9 Å². The van der Waals surface area contributed by atoms with Crippen molar-refractivity contribution in [2.24, 2.45) is 0 Å². The van der Waals surface area contributed by atoms with E-state index in [2.05, 4.69) is 29.1 Å². The molecule has 0 spiro atoms. The van der Waals surface area contributed by atoms with E-state index < -0.39 is 17.7 Å². The molecule has 0 aliphatic heterocycles. The summed E-state index contributed by atoms with van der Waals surface area (Å²) < 4.78 is 15.6. The molecule has 2 aromatic carbocycles. The first-order valence-corrected chi connectivity index (χ1v) is 9.53. The van der Waals surface area contributed by atoms with E-state index in [1.54, 1.807) is 36.4 Å². The minimum absolute atomic E-state index is 0.0320. The molecule has 1 amide bonds. The van der Waals surface area contributed by atoms with Crippen molar-refractivity contribution in [3.8, 4) is 11.1 Å². The number of rotatable bonds is 6. The van der Waals surface area contributed by atoms with Crippen LogP contribution in [0.5, 0.6) is 0 Å². The van der Waals surface area contributed by atoms with Crippen LogP contribution in [-0.4, -0.2) is 26.4 Å². The van der Waals surface area contributed by atoms with Crippen molar-refractivity contribution in [1.29, 1.82) is 0 Å². The maximum atomic E-state index is 13.8. The molecule has 0 saturated heterocycles. The lowest BCUT2D eigenvalue weighted by atomic mass is 9.95. The highest BCUT2D eigenvalue weighted by Crippen LogP contribution is 2.29. The van der Waals surface area contributed by atoms with Crippen LogP contribution < -0.4 is 5.32 Å². The van der Waals surface area contributed by atoms with Gasteiger partial charge in [-0.25, -0.2) is 9.18 Å². The number of carboxylic acid groups (broad SMARTS) is 1. The molecule has 0 aliphatic rings. The summed E-state index contributed by atoms with van der Waals surface area (Å²) >= 11 is 0. The number of aromatic carboxylic acids is 1. The van der Waals surface area contributed by atoms with Gasteiger partial charge in [0.2, 0.25) is 0 Å². The van der Waals surface area contributed by atoms with Gasteiger partial charge in [-0.1, -0.05) is 37.0 Å². The summed E-state index contributed by atoms with van der Waals surface area (Å²) in [5, 5.41) is 11.8. The first kappa shape index (κ1) is 21.0. The van der Waals surface area contributed by atoms with Crippen molar-refractivity contribution in [1.82, 2.24) is 9.42 Å². The molecule has 2 atom stereocenters. The Hall–Kier alpha value is -2.72. The smallest absolute Gasteiger partial charge is 0.335 e. The van der Waals surface area contributed by atoms with Crippen LogP contribution in [0.1, 0.15) is 26.3 Å². The van der Waals surface area contributed by atoms with Crippen LogP contribution in [0.3, 0.4) is 0 Å². The Labute approximate surface area is 171 Å². The summed E-state index contributed by atoms with van der Waals surface area (Å²) in [4.78, 5) is 27.6. The predicted molar refractivity (Wildman–Crippen MR) is 116 cm³/mol. The number of nitrogens with zero attached hydrogens (tertiary/aromatic N) is 2. The number of carbonyl (C=O) groups excluding carboxylic acids is 1. The van der Waals surface area contributed by atoms with Crippen LogP contribution in [0.4, 0.5) is 10.1 Å². The maximum Gasteiger partial charge on any atom is 0.335 e. The Morgan fingerprint density at radius 2 is 1.90 bits per heavy atom. The van der Waals surface area contributed by atoms with Gasteiger partial charge in [0.05, 0.1) is 17.4 Å². The lowest BCUT2D eigenvalue weighted by molar-refractivity contribution is 0.0696. The van der Waals surface area contributed by atoms with Crippen LogP contribution in [0.2, 0.25) is 0 Å². The van der Waals surface area contributed by atoms with Crippen LogP contribution >= 0.6 is 18.8 Å². The van der Waals surface area contributed by atoms with Gasteiger partial charge < -0.3 is 10.4 Å². The summed E-state index contributed by atoms with van der Waals surface area (Å²) in [6, 6.07) is 13.0. The van der Waals surface area contributed by atoms with Crippen molar-refractivity contribution in [3.63, 3.8) is 0 Å². The third kappa shape index (κ3) is 5.21. The van der Waals surface area contributed by atoms with E-state index >= 15 is 0 Å². The van der Waals surface area contributed by atoms with Crippen molar-refractivity contribution < 1.29 is 19.1 Å². The number of nitrogens with one attached hydrogen (secondary N) is 1. The Morgan fingerprint density at radius 3 is 2.59 bits per heavy atom. The Balaban J connectivity index is 2.02. The molecule has 148 valence electrons. The number of carbonyl (C=O) groups is 2. The molecule has 1 heterocycles. The Bertz CT molecular complexity index is 1080. The van der Waals surface area contributed by atoms with Crippen molar-refractivity contribution in [2.75, 3.05) is 5.32 Å². The topological polar surface area (TPSA) is 82.5 Å². The molecule has 29 heavy (non-hydrogen) atoms. The van der Waals surface area contributed by atoms with E-state index in [4.69, 9.17) is 0 Å². The second-order valence-electron chi connectivity index (χ2n) is 6.24. The molecule has 0 radical (unpaired) electrons. The second-order valence-corrected chi connectivity index (χ2v) is 8.16. The van der Waals surface area contributed by atoms with E-state index in [0.29, 0.717) is 23.2 Å². The van der Waals surface area contributed by atoms with Gasteiger partial charge in [0, 0.05) is 18.3 Å². The first-order chi connectivity index (χ1) is 13.8. The van der Waals surface area contributed by atoms with E-state index in [1.807, 2.05) is 4.44 Å². The number of halogens is 1. The number of amides is 1. The van der Waals surface area contributed by atoms with E-state index in [9.17, 15) is 19.1 Å². The zero-order valence-corrected chi connectivity index (χ0v) is 17.5. The van der Waals surface area contributed by atoms with Gasteiger partial charge in [0.25, 0.3) is 5.91 Å². The van der Waals surface area contributed by atoms with Gasteiger partial charge in [-0.05, 0) is 47.0 Å². The maximum absolute atomic E-state index is 13.8.